The lowest BCUT2D eigenvalue weighted by atomic mass is 9.67. The molecule has 55 heavy (non-hydrogen) atoms. The third kappa shape index (κ3) is 5.04. The van der Waals surface area contributed by atoms with Crippen LogP contribution >= 0.6 is 0 Å². The number of hydrogen-bond donors (Lipinski definition) is 0. The van der Waals surface area contributed by atoms with Crippen molar-refractivity contribution in [3.05, 3.63) is 214 Å². The van der Waals surface area contributed by atoms with Gasteiger partial charge in [-0.25, -0.2) is 14.8 Å². The van der Waals surface area contributed by atoms with Gasteiger partial charge in [0.2, 0.25) is 0 Å². The minimum absolute atomic E-state index is 0.0907. The molecule has 0 bridgehead atoms. The lowest BCUT2D eigenvalue weighted by Gasteiger charge is -2.33. The van der Waals surface area contributed by atoms with E-state index in [9.17, 15) is 17.1 Å². The molecular formula is C50H36N4O. The quantitative estimate of drug-likeness (QED) is 0.171. The average Bonchev–Trinajstić information content (AvgIpc) is 3.80. The highest BCUT2D eigenvalue weighted by atomic mass is 16.1. The summed E-state index contributed by atoms with van der Waals surface area (Å²) in [7, 11) is 3.38. The van der Waals surface area contributed by atoms with Crippen molar-refractivity contribution in [2.24, 2.45) is 14.1 Å². The molecule has 0 saturated heterocycles. The fourth-order valence-corrected chi connectivity index (χ4v) is 7.50. The Hall–Kier alpha value is -7.11. The summed E-state index contributed by atoms with van der Waals surface area (Å²) in [6, 6.07) is 7.65. The molecule has 0 fully saturated rings. The molecule has 0 spiro atoms. The van der Waals surface area contributed by atoms with Crippen molar-refractivity contribution < 1.29 is 23.3 Å². The Bertz CT molecular complexity index is 3820. The normalized spacial score (nSPS) is 17.1. The maximum atomic E-state index is 12.7. The largest absolute Gasteiger partial charge is 0.328 e. The summed E-state index contributed by atoms with van der Waals surface area (Å²) in [6.07, 6.45) is 0. The van der Waals surface area contributed by atoms with Crippen LogP contribution in [-0.2, 0) is 19.5 Å². The maximum Gasteiger partial charge on any atom is 0.328 e. The summed E-state index contributed by atoms with van der Waals surface area (Å²) in [6.45, 7) is 0. The Morgan fingerprint density at radius 2 is 1.09 bits per heavy atom. The molecule has 0 saturated carbocycles. The molecular weight excluding hydrogens is 673 g/mol. The van der Waals surface area contributed by atoms with Crippen molar-refractivity contribution in [1.82, 2.24) is 19.1 Å². The van der Waals surface area contributed by atoms with E-state index in [-0.39, 0.29) is 34.0 Å². The van der Waals surface area contributed by atoms with Gasteiger partial charge in [-0.15, -0.1) is 0 Å². The van der Waals surface area contributed by atoms with Gasteiger partial charge in [-0.1, -0.05) is 163 Å². The van der Waals surface area contributed by atoms with Crippen LogP contribution < -0.4 is 5.69 Å². The summed E-state index contributed by atoms with van der Waals surface area (Å²) >= 11 is 0. The van der Waals surface area contributed by atoms with Crippen LogP contribution in [-0.4, -0.2) is 19.1 Å². The highest BCUT2D eigenvalue weighted by Gasteiger charge is 2.46. The Morgan fingerprint density at radius 3 is 1.82 bits per heavy atom. The third-order valence-electron chi connectivity index (χ3n) is 10.1. The average molecular weight is 726 g/mol. The van der Waals surface area contributed by atoms with Crippen LogP contribution in [0.5, 0.6) is 0 Å². The van der Waals surface area contributed by atoms with E-state index in [4.69, 9.17) is 20.9 Å². The number of benzene rings is 7. The van der Waals surface area contributed by atoms with Gasteiger partial charge in [0.05, 0.1) is 51.1 Å². The third-order valence-corrected chi connectivity index (χ3v) is 10.1. The fourth-order valence-electron chi connectivity index (χ4n) is 7.50. The second-order valence-electron chi connectivity index (χ2n) is 13.0. The second kappa shape index (κ2) is 12.8. The van der Waals surface area contributed by atoms with Crippen molar-refractivity contribution in [3.63, 3.8) is 0 Å². The van der Waals surface area contributed by atoms with E-state index in [1.807, 2.05) is 30.3 Å². The SMILES string of the molecule is [2H]c1c([2H])c([2H])c(C2(c3c([2H])c([2H])c([2H])c([2H])c3[2H])c3c([2H])c([2H])c([2H])c([2H])c3-c3c(-c4cc(-c5ccc(-c6ccc7c(c6)n(C)c(=O)n7C)cc5)nc(-c5ccccc5)n4)c([2H])c([2H])c([2H])c32)c([2H])c1[2H]. The topological polar surface area (TPSA) is 52.7 Å². The van der Waals surface area contributed by atoms with Gasteiger partial charge in [-0.05, 0) is 62.7 Å². The highest BCUT2D eigenvalue weighted by Crippen LogP contribution is 2.58. The standard InChI is InChI=1S/C50H36N4O/c1-53-45-30-29-36(31-46(45)54(2)49(53)55)33-25-27-34(28-26-33)43-32-44(52-48(51-43)35-15-6-3-7-16-35)40-22-14-24-42-47(40)39-21-12-13-23-41(39)50(42,37-17-8-4-9-18-37)38-19-10-5-11-20-38/h3-32H,1-2H3/i4D,5D,8D,9D,10D,11D,12D,13D,14D,17D,18D,19D,20D,21D,22D,23D,24D. The van der Waals surface area contributed by atoms with Crippen molar-refractivity contribution in [1.29, 1.82) is 0 Å². The Labute approximate surface area is 343 Å². The van der Waals surface area contributed by atoms with Crippen molar-refractivity contribution in [2.75, 3.05) is 0 Å². The minimum Gasteiger partial charge on any atom is -0.295 e. The van der Waals surface area contributed by atoms with Gasteiger partial charge in [0.1, 0.15) is 0 Å². The molecule has 262 valence electrons. The Balaban J connectivity index is 1.36. The van der Waals surface area contributed by atoms with Crippen molar-refractivity contribution in [3.8, 4) is 56.2 Å². The molecule has 0 atom stereocenters. The minimum atomic E-state index is -2.96. The van der Waals surface area contributed by atoms with Crippen LogP contribution in [0.3, 0.4) is 0 Å². The summed E-state index contributed by atoms with van der Waals surface area (Å²) < 4.78 is 159. The van der Waals surface area contributed by atoms with E-state index in [0.29, 0.717) is 11.1 Å². The molecule has 5 nitrogen and oxygen atoms in total. The lowest BCUT2D eigenvalue weighted by molar-refractivity contribution is 0.768. The summed E-state index contributed by atoms with van der Waals surface area (Å²) in [5.41, 5.74) is -3.00. The zero-order chi connectivity index (χ0) is 51.9. The molecule has 0 unspecified atom stereocenters. The predicted octanol–water partition coefficient (Wildman–Crippen LogP) is 10.7. The molecule has 1 aliphatic rings. The molecule has 2 heterocycles. The van der Waals surface area contributed by atoms with Gasteiger partial charge in [-0.3, -0.25) is 9.13 Å². The first-order valence-electron chi connectivity index (χ1n) is 25.7. The molecule has 7 aromatic carbocycles. The molecule has 0 N–H and O–H groups in total. The van der Waals surface area contributed by atoms with Crippen molar-refractivity contribution in [2.45, 2.75) is 5.41 Å². The maximum absolute atomic E-state index is 12.7. The van der Waals surface area contributed by atoms with Gasteiger partial charge < -0.3 is 0 Å². The molecule has 5 heteroatoms. The molecule has 10 rings (SSSR count). The van der Waals surface area contributed by atoms with Crippen LogP contribution in [0.2, 0.25) is 0 Å². The first kappa shape index (κ1) is 19.3. The smallest absolute Gasteiger partial charge is 0.295 e. The molecule has 0 aliphatic heterocycles. The Morgan fingerprint density at radius 1 is 0.509 bits per heavy atom. The molecule has 0 amide bonds. The fraction of sp³-hybridized carbons (Fsp3) is 0.0600. The van der Waals surface area contributed by atoms with Crippen LogP contribution in [0.1, 0.15) is 45.6 Å². The summed E-state index contributed by atoms with van der Waals surface area (Å²) in [5.74, 6) is 0.0907. The lowest BCUT2D eigenvalue weighted by Crippen LogP contribution is -2.28. The van der Waals surface area contributed by atoms with E-state index in [2.05, 4.69) is 0 Å². The van der Waals surface area contributed by atoms with E-state index >= 15 is 0 Å². The molecule has 2 aromatic heterocycles. The predicted molar refractivity (Wildman–Crippen MR) is 223 cm³/mol. The number of rotatable bonds is 6. The highest BCUT2D eigenvalue weighted by molar-refractivity contribution is 5.95. The van der Waals surface area contributed by atoms with Crippen LogP contribution in [0.4, 0.5) is 0 Å². The number of aromatic nitrogens is 4. The van der Waals surface area contributed by atoms with Gasteiger partial charge in [0.15, 0.2) is 5.82 Å². The Kier molecular flexibility index (Phi) is 4.48. The van der Waals surface area contributed by atoms with Crippen LogP contribution in [0.15, 0.2) is 186 Å². The van der Waals surface area contributed by atoms with Gasteiger partial charge in [0, 0.05) is 30.8 Å². The van der Waals surface area contributed by atoms with Gasteiger partial charge in [-0.2, -0.15) is 0 Å². The zero-order valence-electron chi connectivity index (χ0n) is 46.2. The van der Waals surface area contributed by atoms with Crippen LogP contribution in [0.25, 0.3) is 67.2 Å². The zero-order valence-corrected chi connectivity index (χ0v) is 29.2. The second-order valence-corrected chi connectivity index (χ2v) is 13.0. The van der Waals surface area contributed by atoms with Gasteiger partial charge in [0.25, 0.3) is 0 Å². The summed E-state index contributed by atoms with van der Waals surface area (Å²) in [5, 5.41) is 0. The summed E-state index contributed by atoms with van der Waals surface area (Å²) in [4.78, 5) is 22.5. The number of nitrogens with zero attached hydrogens (tertiary/aromatic N) is 4. The molecule has 0 radical (unpaired) electrons. The number of hydrogen-bond acceptors (Lipinski definition) is 3. The molecule has 9 aromatic rings. The number of fused-ring (bicyclic) bond motifs is 4. The molecule has 1 aliphatic carbocycles. The number of aryl methyl sites for hydroxylation is 2. The van der Waals surface area contributed by atoms with Crippen molar-refractivity contribution >= 4 is 11.0 Å². The first-order chi connectivity index (χ1) is 34.1. The van der Waals surface area contributed by atoms with E-state index < -0.39 is 136 Å². The van der Waals surface area contributed by atoms with Gasteiger partial charge >= 0.3 is 5.69 Å². The van der Waals surface area contributed by atoms with E-state index in [0.717, 1.165) is 22.2 Å². The van der Waals surface area contributed by atoms with E-state index in [1.165, 1.54) is 6.07 Å². The van der Waals surface area contributed by atoms with E-state index in [1.54, 1.807) is 65.7 Å². The van der Waals surface area contributed by atoms with Crippen LogP contribution in [0, 0.1) is 0 Å². The number of imidazole rings is 1. The first-order valence-corrected chi connectivity index (χ1v) is 17.2. The monoisotopic (exact) mass is 725 g/mol.